The molecule has 2 fully saturated rings. The number of amides is 1. The van der Waals surface area contributed by atoms with Gasteiger partial charge in [0.15, 0.2) is 5.13 Å². The maximum Gasteiger partial charge on any atom is 0.266 e. The molecule has 21 heavy (non-hydrogen) atoms. The number of aliphatic hydroxyl groups is 1. The Kier molecular flexibility index (Phi) is 4.14. The predicted octanol–water partition coefficient (Wildman–Crippen LogP) is 1.19. The van der Waals surface area contributed by atoms with Gasteiger partial charge in [-0.25, -0.2) is 4.98 Å². The topological polar surface area (TPSA) is 74.7 Å². The smallest absolute Gasteiger partial charge is 0.266 e. The Labute approximate surface area is 128 Å². The Morgan fingerprint density at radius 2 is 2.57 bits per heavy atom. The molecule has 2 aliphatic rings. The summed E-state index contributed by atoms with van der Waals surface area (Å²) >= 11 is 1.36. The summed E-state index contributed by atoms with van der Waals surface area (Å²) in [6.07, 6.45) is 4.60. The molecule has 1 aromatic heterocycles. The van der Waals surface area contributed by atoms with E-state index in [9.17, 15) is 9.90 Å². The van der Waals surface area contributed by atoms with Gasteiger partial charge in [0, 0.05) is 20.2 Å². The molecule has 1 saturated carbocycles. The first-order valence-electron chi connectivity index (χ1n) is 7.30. The Bertz CT molecular complexity index is 521. The fraction of sp³-hybridized carbons (Fsp3) is 0.714. The standard InChI is InChI=1S/C14H21N3O3S/c1-20-5-4-15-13-16-7-11(21-13)12(19)17-8-10-2-3-14(17,6-10)9-18/h7,10,18H,2-6,8-9H2,1H3,(H,15,16). The first kappa shape index (κ1) is 14.7. The molecule has 0 spiro atoms. The minimum absolute atomic E-state index is 0.00328. The number of carbonyl (C=O) groups is 1. The molecular weight excluding hydrogens is 290 g/mol. The first-order chi connectivity index (χ1) is 10.2. The molecule has 116 valence electrons. The van der Waals surface area contributed by atoms with Gasteiger partial charge in [0.2, 0.25) is 0 Å². The second-order valence-corrected chi connectivity index (χ2v) is 6.89. The van der Waals surface area contributed by atoms with Gasteiger partial charge in [0.25, 0.3) is 5.91 Å². The normalized spacial score (nSPS) is 27.3. The van der Waals surface area contributed by atoms with Gasteiger partial charge in [0.05, 0.1) is 24.9 Å². The lowest BCUT2D eigenvalue weighted by molar-refractivity contribution is 0.0363. The summed E-state index contributed by atoms with van der Waals surface area (Å²) in [4.78, 5) is 19.4. The van der Waals surface area contributed by atoms with Crippen molar-refractivity contribution in [2.45, 2.75) is 24.8 Å². The number of methoxy groups -OCH3 is 1. The van der Waals surface area contributed by atoms with Crippen molar-refractivity contribution in [1.82, 2.24) is 9.88 Å². The molecule has 2 unspecified atom stereocenters. The number of thiazole rings is 1. The van der Waals surface area contributed by atoms with Crippen LogP contribution in [0.1, 0.15) is 28.9 Å². The van der Waals surface area contributed by atoms with E-state index in [0.717, 1.165) is 30.9 Å². The summed E-state index contributed by atoms with van der Waals surface area (Å²) in [6.45, 7) is 2.10. The van der Waals surface area contributed by atoms with E-state index >= 15 is 0 Å². The molecule has 6 nitrogen and oxygen atoms in total. The zero-order valence-electron chi connectivity index (χ0n) is 12.2. The van der Waals surface area contributed by atoms with Crippen LogP contribution in [0.5, 0.6) is 0 Å². The summed E-state index contributed by atoms with van der Waals surface area (Å²) < 4.78 is 4.97. The van der Waals surface area contributed by atoms with Gasteiger partial charge in [-0.3, -0.25) is 4.79 Å². The van der Waals surface area contributed by atoms with Gasteiger partial charge in [-0.05, 0) is 25.2 Å². The third-order valence-electron chi connectivity index (χ3n) is 4.54. The van der Waals surface area contributed by atoms with Crippen molar-refractivity contribution in [3.8, 4) is 0 Å². The average Bonchev–Trinajstić information content (AvgIpc) is 3.21. The molecule has 2 N–H and O–H groups in total. The second kappa shape index (κ2) is 5.90. The highest BCUT2D eigenvalue weighted by Gasteiger charge is 2.52. The number of hydrogen-bond donors (Lipinski definition) is 2. The highest BCUT2D eigenvalue weighted by molar-refractivity contribution is 7.17. The SMILES string of the molecule is COCCNc1ncc(C(=O)N2CC3CCC2(CO)C3)s1. The number of nitrogens with zero attached hydrogens (tertiary/aromatic N) is 2. The summed E-state index contributed by atoms with van der Waals surface area (Å²) in [5.74, 6) is 0.553. The molecule has 7 heteroatoms. The fourth-order valence-corrected chi connectivity index (χ4v) is 4.23. The number of aromatic nitrogens is 1. The van der Waals surface area contributed by atoms with Gasteiger partial charge >= 0.3 is 0 Å². The Balaban J connectivity index is 1.68. The molecule has 0 radical (unpaired) electrons. The van der Waals surface area contributed by atoms with Crippen molar-refractivity contribution in [2.75, 3.05) is 38.7 Å². The first-order valence-corrected chi connectivity index (χ1v) is 8.11. The van der Waals surface area contributed by atoms with Crippen LogP contribution in [0.4, 0.5) is 5.13 Å². The van der Waals surface area contributed by atoms with Crippen LogP contribution in [-0.4, -0.2) is 59.8 Å². The van der Waals surface area contributed by atoms with E-state index < -0.39 is 0 Å². The number of carbonyl (C=O) groups excluding carboxylic acids is 1. The van der Waals surface area contributed by atoms with Crippen LogP contribution in [0.25, 0.3) is 0 Å². The fourth-order valence-electron chi connectivity index (χ4n) is 3.44. The average molecular weight is 311 g/mol. The number of fused-ring (bicyclic) bond motifs is 2. The van der Waals surface area contributed by atoms with Crippen molar-refractivity contribution in [1.29, 1.82) is 0 Å². The molecule has 1 amide bonds. The lowest BCUT2D eigenvalue weighted by atomic mass is 9.98. The van der Waals surface area contributed by atoms with E-state index in [1.54, 1.807) is 13.3 Å². The molecule has 2 heterocycles. The molecule has 3 rings (SSSR count). The van der Waals surface area contributed by atoms with E-state index in [1.165, 1.54) is 11.3 Å². The van der Waals surface area contributed by atoms with Crippen LogP contribution in [0.15, 0.2) is 6.20 Å². The predicted molar refractivity (Wildman–Crippen MR) is 80.7 cm³/mol. The van der Waals surface area contributed by atoms with Crippen LogP contribution in [0, 0.1) is 5.92 Å². The number of anilines is 1. The molecule has 1 aliphatic carbocycles. The lowest BCUT2D eigenvalue weighted by Crippen LogP contribution is -2.50. The zero-order chi connectivity index (χ0) is 14.9. The number of piperidine rings is 1. The Morgan fingerprint density at radius 3 is 3.29 bits per heavy atom. The molecule has 1 aliphatic heterocycles. The van der Waals surface area contributed by atoms with Crippen LogP contribution in [0.3, 0.4) is 0 Å². The van der Waals surface area contributed by atoms with Crippen molar-refractivity contribution >= 4 is 22.4 Å². The number of aliphatic hydroxyl groups excluding tert-OH is 1. The molecule has 1 aromatic rings. The van der Waals surface area contributed by atoms with Gasteiger partial charge in [0.1, 0.15) is 4.88 Å². The maximum absolute atomic E-state index is 12.7. The monoisotopic (exact) mass is 311 g/mol. The van der Waals surface area contributed by atoms with E-state index in [4.69, 9.17) is 4.74 Å². The largest absolute Gasteiger partial charge is 0.394 e. The Morgan fingerprint density at radius 1 is 1.71 bits per heavy atom. The van der Waals surface area contributed by atoms with Crippen molar-refractivity contribution in [2.24, 2.45) is 5.92 Å². The van der Waals surface area contributed by atoms with Crippen LogP contribution in [0.2, 0.25) is 0 Å². The van der Waals surface area contributed by atoms with Crippen LogP contribution >= 0.6 is 11.3 Å². The third kappa shape index (κ3) is 2.65. The number of nitrogens with one attached hydrogen (secondary N) is 1. The van der Waals surface area contributed by atoms with Crippen molar-refractivity contribution in [3.05, 3.63) is 11.1 Å². The highest BCUT2D eigenvalue weighted by Crippen LogP contribution is 2.46. The van der Waals surface area contributed by atoms with Crippen molar-refractivity contribution in [3.63, 3.8) is 0 Å². The summed E-state index contributed by atoms with van der Waals surface area (Å²) in [5, 5.41) is 13.6. The van der Waals surface area contributed by atoms with Gasteiger partial charge in [-0.15, -0.1) is 0 Å². The molecule has 2 atom stereocenters. The lowest BCUT2D eigenvalue weighted by Gasteiger charge is -2.37. The minimum atomic E-state index is -0.324. The quantitative estimate of drug-likeness (QED) is 0.772. The number of likely N-dealkylation sites (tertiary alicyclic amines) is 1. The number of rotatable bonds is 6. The highest BCUT2D eigenvalue weighted by atomic mass is 32.1. The van der Waals surface area contributed by atoms with E-state index in [0.29, 0.717) is 23.9 Å². The Hall–Kier alpha value is -1.18. The van der Waals surface area contributed by atoms with Crippen LogP contribution < -0.4 is 5.32 Å². The zero-order valence-corrected chi connectivity index (χ0v) is 13.0. The molecule has 2 bridgehead atoms. The summed E-state index contributed by atoms with van der Waals surface area (Å²) in [6, 6.07) is 0. The number of ether oxygens (including phenoxy) is 1. The van der Waals surface area contributed by atoms with E-state index in [-0.39, 0.29) is 18.1 Å². The van der Waals surface area contributed by atoms with E-state index in [1.807, 2.05) is 4.90 Å². The van der Waals surface area contributed by atoms with Gasteiger partial charge in [-0.1, -0.05) is 11.3 Å². The third-order valence-corrected chi connectivity index (χ3v) is 5.48. The van der Waals surface area contributed by atoms with Crippen molar-refractivity contribution < 1.29 is 14.6 Å². The molecule has 1 saturated heterocycles. The second-order valence-electron chi connectivity index (χ2n) is 5.86. The summed E-state index contributed by atoms with van der Waals surface area (Å²) in [7, 11) is 1.65. The summed E-state index contributed by atoms with van der Waals surface area (Å²) in [5.41, 5.74) is -0.324. The molecular formula is C14H21N3O3S. The van der Waals surface area contributed by atoms with E-state index in [2.05, 4.69) is 10.3 Å². The number of hydrogen-bond acceptors (Lipinski definition) is 6. The van der Waals surface area contributed by atoms with Gasteiger partial charge in [-0.2, -0.15) is 0 Å². The van der Waals surface area contributed by atoms with Gasteiger partial charge < -0.3 is 20.1 Å². The molecule has 0 aromatic carbocycles. The maximum atomic E-state index is 12.7. The minimum Gasteiger partial charge on any atom is -0.394 e. The van der Waals surface area contributed by atoms with Crippen LogP contribution in [-0.2, 0) is 4.74 Å².